The number of likely N-dealkylation sites (tertiary alicyclic amines) is 1. The van der Waals surface area contributed by atoms with Gasteiger partial charge in [0, 0.05) is 13.1 Å². The molecule has 7 heteroatoms. The van der Waals surface area contributed by atoms with E-state index in [9.17, 15) is 4.79 Å². The molecule has 1 fully saturated rings. The third-order valence-electron chi connectivity index (χ3n) is 4.70. The molecule has 7 nitrogen and oxygen atoms in total. The standard InChI is InChI=1S/C19H30N2O5/c1-19(18(24)20-8-10-22)7-2-9-21(19)15-16-3-5-17(6-4-16)26-14-13-25-12-11-23/h3-6,22-23H,2,7-15H2,1H3,(H,20,24)/t19-/m0/s1. The number of carbonyl (C=O) groups excluding carboxylic acids is 1. The SMILES string of the molecule is C[C@@]1(C(=O)NCCO)CCCN1Cc1ccc(OCCOCCO)cc1. The van der Waals surface area contributed by atoms with Crippen molar-refractivity contribution in [2.45, 2.75) is 31.8 Å². The van der Waals surface area contributed by atoms with E-state index in [1.807, 2.05) is 31.2 Å². The summed E-state index contributed by atoms with van der Waals surface area (Å²) in [7, 11) is 0. The number of amides is 1. The maximum atomic E-state index is 12.5. The van der Waals surface area contributed by atoms with Crippen molar-refractivity contribution in [2.24, 2.45) is 0 Å². The Morgan fingerprint density at radius 3 is 2.65 bits per heavy atom. The van der Waals surface area contributed by atoms with Gasteiger partial charge in [-0.3, -0.25) is 9.69 Å². The average Bonchev–Trinajstić information content (AvgIpc) is 3.02. The van der Waals surface area contributed by atoms with Gasteiger partial charge in [-0.2, -0.15) is 0 Å². The first-order valence-electron chi connectivity index (χ1n) is 9.14. The highest BCUT2D eigenvalue weighted by molar-refractivity contribution is 5.86. The fourth-order valence-corrected chi connectivity index (χ4v) is 3.19. The first-order valence-corrected chi connectivity index (χ1v) is 9.14. The lowest BCUT2D eigenvalue weighted by Gasteiger charge is -2.34. The molecule has 0 radical (unpaired) electrons. The van der Waals surface area contributed by atoms with Crippen LogP contribution in [0.1, 0.15) is 25.3 Å². The Morgan fingerprint density at radius 1 is 1.19 bits per heavy atom. The lowest BCUT2D eigenvalue weighted by molar-refractivity contribution is -0.131. The van der Waals surface area contributed by atoms with Gasteiger partial charge in [0.25, 0.3) is 0 Å². The molecule has 1 heterocycles. The second-order valence-corrected chi connectivity index (χ2v) is 6.61. The Morgan fingerprint density at radius 2 is 1.96 bits per heavy atom. The molecule has 0 spiro atoms. The van der Waals surface area contributed by atoms with E-state index in [0.29, 0.717) is 26.4 Å². The van der Waals surface area contributed by atoms with Gasteiger partial charge in [0.1, 0.15) is 12.4 Å². The zero-order valence-corrected chi connectivity index (χ0v) is 15.4. The van der Waals surface area contributed by atoms with Crippen LogP contribution in [0.2, 0.25) is 0 Å². The Hall–Kier alpha value is -1.67. The summed E-state index contributed by atoms with van der Waals surface area (Å²) in [6.07, 6.45) is 1.80. The van der Waals surface area contributed by atoms with Gasteiger partial charge in [-0.1, -0.05) is 12.1 Å². The van der Waals surface area contributed by atoms with Crippen molar-refractivity contribution >= 4 is 5.91 Å². The van der Waals surface area contributed by atoms with Gasteiger partial charge < -0.3 is 25.0 Å². The van der Waals surface area contributed by atoms with Crippen LogP contribution in [0.15, 0.2) is 24.3 Å². The van der Waals surface area contributed by atoms with Crippen molar-refractivity contribution in [1.82, 2.24) is 10.2 Å². The summed E-state index contributed by atoms with van der Waals surface area (Å²) in [5.74, 6) is 0.748. The average molecular weight is 366 g/mol. The lowest BCUT2D eigenvalue weighted by atomic mass is 9.97. The number of rotatable bonds is 11. The molecule has 0 saturated carbocycles. The molecule has 1 saturated heterocycles. The number of aliphatic hydroxyl groups excluding tert-OH is 2. The molecule has 146 valence electrons. The molecule has 3 N–H and O–H groups in total. The highest BCUT2D eigenvalue weighted by Gasteiger charge is 2.42. The maximum Gasteiger partial charge on any atom is 0.240 e. The van der Waals surface area contributed by atoms with Crippen molar-refractivity contribution < 1.29 is 24.5 Å². The maximum absolute atomic E-state index is 12.5. The molecule has 0 bridgehead atoms. The number of ether oxygens (including phenoxy) is 2. The number of nitrogens with one attached hydrogen (secondary N) is 1. The van der Waals surface area contributed by atoms with Crippen LogP contribution in [0.4, 0.5) is 0 Å². The molecule has 2 rings (SSSR count). The normalized spacial score (nSPS) is 20.3. The van der Waals surface area contributed by atoms with Crippen molar-refractivity contribution in [1.29, 1.82) is 0 Å². The van der Waals surface area contributed by atoms with Gasteiger partial charge >= 0.3 is 0 Å². The largest absolute Gasteiger partial charge is 0.491 e. The first kappa shape index (κ1) is 20.6. The number of aliphatic hydroxyl groups is 2. The van der Waals surface area contributed by atoms with Crippen LogP contribution >= 0.6 is 0 Å². The molecule has 1 aliphatic rings. The lowest BCUT2D eigenvalue weighted by Crippen LogP contribution is -2.53. The zero-order chi connectivity index (χ0) is 18.8. The fourth-order valence-electron chi connectivity index (χ4n) is 3.19. The third kappa shape index (κ3) is 5.67. The molecule has 0 unspecified atom stereocenters. The van der Waals surface area contributed by atoms with Crippen molar-refractivity contribution in [3.63, 3.8) is 0 Å². The van der Waals surface area contributed by atoms with Gasteiger partial charge in [-0.15, -0.1) is 0 Å². The molecule has 1 aliphatic heterocycles. The van der Waals surface area contributed by atoms with E-state index in [4.69, 9.17) is 19.7 Å². The minimum absolute atomic E-state index is 0.0160. The summed E-state index contributed by atoms with van der Waals surface area (Å²) in [4.78, 5) is 14.7. The first-order chi connectivity index (χ1) is 12.6. The van der Waals surface area contributed by atoms with Gasteiger partial charge in [0.2, 0.25) is 5.91 Å². The second kappa shape index (κ2) is 10.5. The van der Waals surface area contributed by atoms with Crippen LogP contribution in [0.3, 0.4) is 0 Å². The molecule has 0 aliphatic carbocycles. The highest BCUT2D eigenvalue weighted by Crippen LogP contribution is 2.31. The van der Waals surface area contributed by atoms with Crippen molar-refractivity contribution in [2.75, 3.05) is 46.1 Å². The van der Waals surface area contributed by atoms with Crippen molar-refractivity contribution in [3.05, 3.63) is 29.8 Å². The number of benzene rings is 1. The number of nitrogens with zero attached hydrogens (tertiary/aromatic N) is 1. The predicted molar refractivity (Wildman–Crippen MR) is 98.0 cm³/mol. The minimum atomic E-state index is -0.533. The summed E-state index contributed by atoms with van der Waals surface area (Å²) in [5, 5.41) is 20.4. The summed E-state index contributed by atoms with van der Waals surface area (Å²) in [5.41, 5.74) is 0.589. The number of hydrogen-bond acceptors (Lipinski definition) is 6. The quantitative estimate of drug-likeness (QED) is 0.495. The molecule has 1 atom stereocenters. The third-order valence-corrected chi connectivity index (χ3v) is 4.70. The second-order valence-electron chi connectivity index (χ2n) is 6.61. The molecule has 26 heavy (non-hydrogen) atoms. The van der Waals surface area contributed by atoms with Crippen LogP contribution in [0, 0.1) is 0 Å². The summed E-state index contributed by atoms with van der Waals surface area (Å²) >= 11 is 0. The van der Waals surface area contributed by atoms with E-state index < -0.39 is 5.54 Å². The molecular formula is C19H30N2O5. The van der Waals surface area contributed by atoms with E-state index in [1.54, 1.807) is 0 Å². The van der Waals surface area contributed by atoms with Gasteiger partial charge in [-0.05, 0) is 44.0 Å². The highest BCUT2D eigenvalue weighted by atomic mass is 16.5. The van der Waals surface area contributed by atoms with Crippen LogP contribution in [-0.2, 0) is 16.1 Å². The Bertz CT molecular complexity index is 551. The van der Waals surface area contributed by atoms with E-state index in [1.165, 1.54) is 0 Å². The van der Waals surface area contributed by atoms with E-state index in [-0.39, 0.29) is 25.7 Å². The topological polar surface area (TPSA) is 91.3 Å². The van der Waals surface area contributed by atoms with Crippen molar-refractivity contribution in [3.8, 4) is 5.75 Å². The van der Waals surface area contributed by atoms with Crippen LogP contribution in [-0.4, -0.2) is 72.7 Å². The monoisotopic (exact) mass is 366 g/mol. The van der Waals surface area contributed by atoms with Gasteiger partial charge in [0.05, 0.1) is 32.0 Å². The molecule has 1 aromatic carbocycles. The van der Waals surface area contributed by atoms with Crippen LogP contribution in [0.5, 0.6) is 5.75 Å². The molecular weight excluding hydrogens is 336 g/mol. The molecule has 1 amide bonds. The fraction of sp³-hybridized carbons (Fsp3) is 0.632. The van der Waals surface area contributed by atoms with E-state index in [2.05, 4.69) is 10.2 Å². The van der Waals surface area contributed by atoms with Crippen LogP contribution in [0.25, 0.3) is 0 Å². The number of hydrogen-bond donors (Lipinski definition) is 3. The zero-order valence-electron chi connectivity index (χ0n) is 15.4. The Labute approximate surface area is 154 Å². The Balaban J connectivity index is 1.86. The van der Waals surface area contributed by atoms with Crippen LogP contribution < -0.4 is 10.1 Å². The van der Waals surface area contributed by atoms with Gasteiger partial charge in [-0.25, -0.2) is 0 Å². The minimum Gasteiger partial charge on any atom is -0.491 e. The van der Waals surface area contributed by atoms with E-state index in [0.717, 1.165) is 30.7 Å². The Kier molecular flexibility index (Phi) is 8.31. The number of carbonyl (C=O) groups is 1. The molecule has 0 aromatic heterocycles. The summed E-state index contributed by atoms with van der Waals surface area (Å²) in [6, 6.07) is 7.85. The van der Waals surface area contributed by atoms with E-state index >= 15 is 0 Å². The smallest absolute Gasteiger partial charge is 0.240 e. The predicted octanol–water partition coefficient (Wildman–Crippen LogP) is 0.537. The summed E-state index contributed by atoms with van der Waals surface area (Å²) in [6.45, 7) is 5.00. The van der Waals surface area contributed by atoms with Gasteiger partial charge in [0.15, 0.2) is 0 Å². The molecule has 1 aromatic rings. The summed E-state index contributed by atoms with van der Waals surface area (Å²) < 4.78 is 10.7.